The Hall–Kier alpha value is -3.79. The Balaban J connectivity index is 1.54. The molecule has 1 aromatic heterocycles. The van der Waals surface area contributed by atoms with Crippen LogP contribution >= 0.6 is 11.3 Å². The molecular formula is C19H14N4O5S. The van der Waals surface area contributed by atoms with Crippen molar-refractivity contribution in [1.29, 1.82) is 0 Å². The van der Waals surface area contributed by atoms with Gasteiger partial charge in [0.25, 0.3) is 11.6 Å². The number of carbonyl (C=O) groups excluding carboxylic acids is 2. The second-order valence-corrected chi connectivity index (χ2v) is 6.90. The molecule has 0 saturated carbocycles. The molecule has 2 aromatic carbocycles. The lowest BCUT2D eigenvalue weighted by molar-refractivity contribution is -0.384. The predicted octanol–water partition coefficient (Wildman–Crippen LogP) is 3.08. The van der Waals surface area contributed by atoms with E-state index in [1.165, 1.54) is 40.5 Å². The van der Waals surface area contributed by atoms with Crippen molar-refractivity contribution in [3.05, 3.63) is 63.5 Å². The molecule has 29 heavy (non-hydrogen) atoms. The van der Waals surface area contributed by atoms with Gasteiger partial charge in [-0.3, -0.25) is 24.6 Å². The fourth-order valence-corrected chi connectivity index (χ4v) is 3.46. The first-order chi connectivity index (χ1) is 14.0. The highest BCUT2D eigenvalue weighted by Crippen LogP contribution is 2.36. The molecule has 0 aliphatic carbocycles. The summed E-state index contributed by atoms with van der Waals surface area (Å²) in [4.78, 5) is 40.7. The van der Waals surface area contributed by atoms with E-state index in [1.54, 1.807) is 17.6 Å². The van der Waals surface area contributed by atoms with Gasteiger partial charge in [-0.25, -0.2) is 4.98 Å². The zero-order valence-corrected chi connectivity index (χ0v) is 15.7. The largest absolute Gasteiger partial charge is 0.482 e. The van der Waals surface area contributed by atoms with E-state index in [0.29, 0.717) is 17.1 Å². The van der Waals surface area contributed by atoms with E-state index in [1.807, 2.05) is 11.4 Å². The number of fused-ring (bicyclic) bond motifs is 1. The number of nitro groups is 1. The van der Waals surface area contributed by atoms with E-state index in [-0.39, 0.29) is 24.7 Å². The Kier molecular flexibility index (Phi) is 4.92. The lowest BCUT2D eigenvalue weighted by Crippen LogP contribution is -2.43. The van der Waals surface area contributed by atoms with Crippen LogP contribution in [0.2, 0.25) is 0 Å². The maximum absolute atomic E-state index is 12.5. The van der Waals surface area contributed by atoms with Crippen LogP contribution in [-0.2, 0) is 9.59 Å². The normalized spacial score (nSPS) is 12.8. The standard InChI is InChI=1S/C19H14N4O5S/c24-18(21-13-2-4-14(5-3-13)23(26)27)8-22-16-7-12(15-10-29-11-20-15)1-6-17(16)28-9-19(22)25/h1-7,10-11H,8-9H2,(H,21,24). The van der Waals surface area contributed by atoms with Crippen LogP contribution < -0.4 is 15.0 Å². The molecule has 1 aliphatic rings. The lowest BCUT2D eigenvalue weighted by atomic mass is 10.1. The highest BCUT2D eigenvalue weighted by Gasteiger charge is 2.28. The SMILES string of the molecule is O=C(CN1C(=O)COc2ccc(-c3cscn3)cc21)Nc1ccc([N+](=O)[O-])cc1. The molecule has 0 fully saturated rings. The first-order valence-electron chi connectivity index (χ1n) is 8.51. The van der Waals surface area contributed by atoms with Crippen LogP contribution in [0.3, 0.4) is 0 Å². The number of rotatable bonds is 5. The third-order valence-corrected chi connectivity index (χ3v) is 4.88. The van der Waals surface area contributed by atoms with Crippen molar-refractivity contribution in [3.8, 4) is 17.0 Å². The summed E-state index contributed by atoms with van der Waals surface area (Å²) in [6.45, 7) is -0.374. The van der Waals surface area contributed by atoms with Crippen molar-refractivity contribution in [2.24, 2.45) is 0 Å². The summed E-state index contributed by atoms with van der Waals surface area (Å²) in [5.74, 6) is -0.266. The molecule has 1 N–H and O–H groups in total. The number of hydrogen-bond donors (Lipinski definition) is 1. The summed E-state index contributed by atoms with van der Waals surface area (Å²) in [5.41, 5.74) is 4.11. The molecule has 0 radical (unpaired) electrons. The smallest absolute Gasteiger partial charge is 0.269 e. The molecule has 0 atom stereocenters. The molecule has 146 valence electrons. The zero-order valence-electron chi connectivity index (χ0n) is 14.9. The highest BCUT2D eigenvalue weighted by molar-refractivity contribution is 7.07. The van der Waals surface area contributed by atoms with Gasteiger partial charge in [0, 0.05) is 28.8 Å². The summed E-state index contributed by atoms with van der Waals surface area (Å²) < 4.78 is 5.47. The van der Waals surface area contributed by atoms with Gasteiger partial charge in [0.1, 0.15) is 12.3 Å². The van der Waals surface area contributed by atoms with E-state index in [2.05, 4.69) is 10.3 Å². The number of aromatic nitrogens is 1. The molecule has 2 amide bonds. The quantitative estimate of drug-likeness (QED) is 0.511. The molecule has 0 unspecified atom stereocenters. The summed E-state index contributed by atoms with van der Waals surface area (Å²) >= 11 is 1.46. The Morgan fingerprint density at radius 2 is 2.07 bits per heavy atom. The van der Waals surface area contributed by atoms with Gasteiger partial charge in [-0.15, -0.1) is 11.3 Å². The molecule has 0 bridgehead atoms. The molecule has 4 rings (SSSR count). The predicted molar refractivity (Wildman–Crippen MR) is 107 cm³/mol. The van der Waals surface area contributed by atoms with E-state index >= 15 is 0 Å². The van der Waals surface area contributed by atoms with Crippen molar-refractivity contribution in [3.63, 3.8) is 0 Å². The van der Waals surface area contributed by atoms with Crippen LogP contribution in [0.25, 0.3) is 11.3 Å². The van der Waals surface area contributed by atoms with Gasteiger partial charge >= 0.3 is 0 Å². The number of nitrogens with one attached hydrogen (secondary N) is 1. The zero-order chi connectivity index (χ0) is 20.4. The van der Waals surface area contributed by atoms with E-state index in [9.17, 15) is 19.7 Å². The minimum atomic E-state index is -0.519. The molecule has 9 nitrogen and oxygen atoms in total. The molecule has 0 spiro atoms. The fourth-order valence-electron chi connectivity index (χ4n) is 2.90. The van der Waals surface area contributed by atoms with Gasteiger partial charge in [-0.05, 0) is 30.3 Å². The second-order valence-electron chi connectivity index (χ2n) is 6.18. The van der Waals surface area contributed by atoms with E-state index < -0.39 is 10.8 Å². The summed E-state index contributed by atoms with van der Waals surface area (Å²) in [6, 6.07) is 10.8. The summed E-state index contributed by atoms with van der Waals surface area (Å²) in [5, 5.41) is 15.3. The second kappa shape index (κ2) is 7.68. The Bertz CT molecular complexity index is 1080. The van der Waals surface area contributed by atoms with Gasteiger partial charge in [0.05, 0.1) is 21.8 Å². The minimum Gasteiger partial charge on any atom is -0.482 e. The fraction of sp³-hybridized carbons (Fsp3) is 0.105. The first-order valence-corrected chi connectivity index (χ1v) is 9.45. The highest BCUT2D eigenvalue weighted by atomic mass is 32.1. The molecule has 3 aromatic rings. The van der Waals surface area contributed by atoms with Crippen molar-refractivity contribution < 1.29 is 19.2 Å². The number of carbonyl (C=O) groups is 2. The number of nitrogens with zero attached hydrogens (tertiary/aromatic N) is 3. The molecular weight excluding hydrogens is 396 g/mol. The van der Waals surface area contributed by atoms with Crippen molar-refractivity contribution in [2.75, 3.05) is 23.4 Å². The maximum Gasteiger partial charge on any atom is 0.269 e. The van der Waals surface area contributed by atoms with Crippen molar-refractivity contribution >= 4 is 40.2 Å². The maximum atomic E-state index is 12.5. The van der Waals surface area contributed by atoms with E-state index in [0.717, 1.165) is 11.3 Å². The molecule has 0 saturated heterocycles. The van der Waals surface area contributed by atoms with Gasteiger partial charge in [-0.2, -0.15) is 0 Å². The van der Waals surface area contributed by atoms with Crippen molar-refractivity contribution in [2.45, 2.75) is 0 Å². The minimum absolute atomic E-state index is 0.0742. The Labute approximate surface area is 168 Å². The number of hydrogen-bond acceptors (Lipinski definition) is 7. The van der Waals surface area contributed by atoms with Crippen LogP contribution in [0, 0.1) is 10.1 Å². The Morgan fingerprint density at radius 1 is 1.28 bits per heavy atom. The number of benzene rings is 2. The van der Waals surface area contributed by atoms with Crippen LogP contribution in [0.15, 0.2) is 53.4 Å². The summed E-state index contributed by atoms with van der Waals surface area (Å²) in [6.07, 6.45) is 0. The van der Waals surface area contributed by atoms with Gasteiger partial charge in [0.15, 0.2) is 6.61 Å². The third-order valence-electron chi connectivity index (χ3n) is 4.29. The van der Waals surface area contributed by atoms with Gasteiger partial charge in [0.2, 0.25) is 5.91 Å². The van der Waals surface area contributed by atoms with Gasteiger partial charge < -0.3 is 10.1 Å². The number of thiazole rings is 1. The molecule has 2 heterocycles. The third kappa shape index (κ3) is 3.92. The average Bonchev–Trinajstić information content (AvgIpc) is 3.25. The van der Waals surface area contributed by atoms with Crippen LogP contribution in [0.5, 0.6) is 5.75 Å². The Morgan fingerprint density at radius 3 is 2.76 bits per heavy atom. The number of non-ortho nitro benzene ring substituents is 1. The van der Waals surface area contributed by atoms with Crippen molar-refractivity contribution in [1.82, 2.24) is 4.98 Å². The number of nitro benzene ring substituents is 1. The van der Waals surface area contributed by atoms with Crippen LogP contribution in [-0.4, -0.2) is 34.9 Å². The topological polar surface area (TPSA) is 115 Å². The lowest BCUT2D eigenvalue weighted by Gasteiger charge is -2.29. The number of anilines is 2. The first kappa shape index (κ1) is 18.6. The molecule has 1 aliphatic heterocycles. The van der Waals surface area contributed by atoms with Crippen LogP contribution in [0.1, 0.15) is 0 Å². The molecule has 10 heteroatoms. The van der Waals surface area contributed by atoms with Crippen LogP contribution in [0.4, 0.5) is 17.1 Å². The number of ether oxygens (including phenoxy) is 1. The average molecular weight is 410 g/mol. The van der Waals surface area contributed by atoms with E-state index in [4.69, 9.17) is 4.74 Å². The monoisotopic (exact) mass is 410 g/mol. The van der Waals surface area contributed by atoms with Gasteiger partial charge in [-0.1, -0.05) is 0 Å². The number of amides is 2. The summed E-state index contributed by atoms with van der Waals surface area (Å²) in [7, 11) is 0.